The molecule has 3 aromatic carbocycles. The molecule has 0 bridgehead atoms. The Hall–Kier alpha value is -4.08. The van der Waals surface area contributed by atoms with E-state index in [-0.39, 0.29) is 35.4 Å². The first kappa shape index (κ1) is 27.0. The Bertz CT molecular complexity index is 1460. The zero-order valence-corrected chi connectivity index (χ0v) is 19.7. The molecule has 0 aliphatic heterocycles. The van der Waals surface area contributed by atoms with Gasteiger partial charge in [0.25, 0.3) is 0 Å². The average molecular weight is 534 g/mol. The van der Waals surface area contributed by atoms with Gasteiger partial charge in [0.05, 0.1) is 0 Å². The molecule has 196 valence electrons. The smallest absolute Gasteiger partial charge is 0.236 e. The summed E-state index contributed by atoms with van der Waals surface area (Å²) >= 11 is 0. The van der Waals surface area contributed by atoms with Gasteiger partial charge in [-0.05, 0) is 54.7 Å². The summed E-state index contributed by atoms with van der Waals surface area (Å²) < 4.78 is 107. The maximum atomic E-state index is 14.7. The molecule has 0 radical (unpaired) electrons. The molecule has 1 heterocycles. The van der Waals surface area contributed by atoms with Crippen LogP contribution in [0.25, 0.3) is 28.3 Å². The van der Waals surface area contributed by atoms with Gasteiger partial charge < -0.3 is 0 Å². The van der Waals surface area contributed by atoms with Crippen LogP contribution in [0.3, 0.4) is 0 Å². The molecule has 0 fully saturated rings. The highest BCUT2D eigenvalue weighted by atomic mass is 19.4. The van der Waals surface area contributed by atoms with Crippen molar-refractivity contribution in [2.24, 2.45) is 0 Å². The minimum atomic E-state index is -5.16. The quantitative estimate of drug-likeness (QED) is 0.231. The SMILES string of the molecule is CC(F)=C(F)c1ccc(-c2cnc(-c3ccc(CCc4cc(F)c(C(F)(F)F)c(F)c4)c(F)c3)nc2)cc1. The number of halogens is 8. The van der Waals surface area contributed by atoms with Crippen LogP contribution in [0.1, 0.15) is 29.2 Å². The number of nitrogens with zero attached hydrogens (tertiary/aromatic N) is 2. The van der Waals surface area contributed by atoms with Crippen molar-refractivity contribution in [3.05, 3.63) is 113 Å². The summed E-state index contributed by atoms with van der Waals surface area (Å²) in [6.45, 7) is 1.02. The van der Waals surface area contributed by atoms with E-state index in [1.165, 1.54) is 36.7 Å². The fraction of sp³-hybridized carbons (Fsp3) is 0.143. The van der Waals surface area contributed by atoms with Crippen LogP contribution in [0.2, 0.25) is 0 Å². The number of allylic oxidation sites excluding steroid dienone is 1. The molecule has 0 spiro atoms. The maximum Gasteiger partial charge on any atom is 0.422 e. The molecule has 0 N–H and O–H groups in total. The van der Waals surface area contributed by atoms with Crippen molar-refractivity contribution >= 4 is 5.83 Å². The van der Waals surface area contributed by atoms with Gasteiger partial charge in [0, 0.05) is 29.1 Å². The molecule has 0 unspecified atom stereocenters. The van der Waals surface area contributed by atoms with Crippen molar-refractivity contribution in [1.82, 2.24) is 9.97 Å². The minimum Gasteiger partial charge on any atom is -0.236 e. The van der Waals surface area contributed by atoms with Crippen LogP contribution in [-0.2, 0) is 19.0 Å². The molecule has 38 heavy (non-hydrogen) atoms. The fourth-order valence-electron chi connectivity index (χ4n) is 3.84. The van der Waals surface area contributed by atoms with E-state index in [0.717, 1.165) is 6.92 Å². The molecular formula is C28H18F8N2. The summed E-state index contributed by atoms with van der Waals surface area (Å²) in [5, 5.41) is 0. The number of hydrogen-bond donors (Lipinski definition) is 0. The van der Waals surface area contributed by atoms with Crippen molar-refractivity contribution in [2.75, 3.05) is 0 Å². The molecule has 0 saturated heterocycles. The Balaban J connectivity index is 1.46. The lowest BCUT2D eigenvalue weighted by molar-refractivity contribution is -0.142. The van der Waals surface area contributed by atoms with Gasteiger partial charge in [-0.2, -0.15) is 13.2 Å². The molecule has 4 aromatic rings. The van der Waals surface area contributed by atoms with E-state index < -0.39 is 40.8 Å². The van der Waals surface area contributed by atoms with Crippen molar-refractivity contribution in [1.29, 1.82) is 0 Å². The Morgan fingerprint density at radius 1 is 0.711 bits per heavy atom. The second-order valence-electron chi connectivity index (χ2n) is 8.46. The zero-order chi connectivity index (χ0) is 27.6. The standard InChI is InChI=1S/C28H18F8N2/c1-15(29)26(33)19-7-4-17(5-8-19)21-13-37-27(38-14-21)20-9-6-18(22(30)12-20)3-2-16-10-23(31)25(24(32)11-16)28(34,35)36/h4-14H,2-3H2,1H3. The summed E-state index contributed by atoms with van der Waals surface area (Å²) in [5.41, 5.74) is -0.117. The van der Waals surface area contributed by atoms with Gasteiger partial charge in [-0.1, -0.05) is 36.4 Å². The van der Waals surface area contributed by atoms with Crippen LogP contribution in [0.4, 0.5) is 35.1 Å². The number of aromatic nitrogens is 2. The lowest BCUT2D eigenvalue weighted by Crippen LogP contribution is -2.12. The lowest BCUT2D eigenvalue weighted by atomic mass is 10.0. The van der Waals surface area contributed by atoms with Crippen LogP contribution in [0.5, 0.6) is 0 Å². The van der Waals surface area contributed by atoms with Crippen LogP contribution >= 0.6 is 0 Å². The average Bonchev–Trinajstić information content (AvgIpc) is 2.86. The van der Waals surface area contributed by atoms with Crippen molar-refractivity contribution in [3.8, 4) is 22.5 Å². The molecular weight excluding hydrogens is 516 g/mol. The first-order chi connectivity index (χ1) is 17.9. The van der Waals surface area contributed by atoms with E-state index >= 15 is 0 Å². The van der Waals surface area contributed by atoms with Gasteiger partial charge in [-0.3, -0.25) is 0 Å². The molecule has 0 amide bonds. The molecule has 0 aliphatic carbocycles. The van der Waals surface area contributed by atoms with Crippen LogP contribution in [0, 0.1) is 17.5 Å². The van der Waals surface area contributed by atoms with Gasteiger partial charge >= 0.3 is 6.18 Å². The van der Waals surface area contributed by atoms with Gasteiger partial charge in [0.2, 0.25) is 0 Å². The second kappa shape index (κ2) is 10.7. The highest BCUT2D eigenvalue weighted by molar-refractivity contribution is 5.68. The molecule has 2 nitrogen and oxygen atoms in total. The first-order valence-electron chi connectivity index (χ1n) is 11.2. The number of rotatable bonds is 6. The van der Waals surface area contributed by atoms with E-state index in [2.05, 4.69) is 9.97 Å². The normalized spacial score (nSPS) is 12.4. The van der Waals surface area contributed by atoms with Gasteiger partial charge in [0.1, 0.15) is 28.8 Å². The summed E-state index contributed by atoms with van der Waals surface area (Å²) in [7, 11) is 0. The topological polar surface area (TPSA) is 25.8 Å². The number of benzene rings is 3. The molecule has 1 aromatic heterocycles. The fourth-order valence-corrected chi connectivity index (χ4v) is 3.84. The van der Waals surface area contributed by atoms with E-state index in [1.807, 2.05) is 0 Å². The molecule has 0 atom stereocenters. The Morgan fingerprint density at radius 2 is 1.29 bits per heavy atom. The predicted octanol–water partition coefficient (Wildman–Crippen LogP) is 8.66. The third-order valence-corrected chi connectivity index (χ3v) is 5.81. The van der Waals surface area contributed by atoms with E-state index in [1.54, 1.807) is 18.2 Å². The van der Waals surface area contributed by atoms with Crippen molar-refractivity contribution in [2.45, 2.75) is 25.9 Å². The molecule has 0 saturated carbocycles. The molecule has 10 heteroatoms. The summed E-state index contributed by atoms with van der Waals surface area (Å²) in [5.74, 6) is -5.75. The highest BCUT2D eigenvalue weighted by Crippen LogP contribution is 2.34. The van der Waals surface area contributed by atoms with Gasteiger partial charge in [0.15, 0.2) is 11.7 Å². The van der Waals surface area contributed by atoms with E-state index in [4.69, 9.17) is 0 Å². The Morgan fingerprint density at radius 3 is 1.82 bits per heavy atom. The van der Waals surface area contributed by atoms with E-state index in [9.17, 15) is 35.1 Å². The maximum absolute atomic E-state index is 14.7. The van der Waals surface area contributed by atoms with Crippen molar-refractivity contribution < 1.29 is 35.1 Å². The Labute approximate surface area is 212 Å². The Kier molecular flexibility index (Phi) is 7.61. The number of alkyl halides is 3. The third kappa shape index (κ3) is 5.90. The van der Waals surface area contributed by atoms with Gasteiger partial charge in [-0.15, -0.1) is 0 Å². The summed E-state index contributed by atoms with van der Waals surface area (Å²) in [6.07, 6.45) is -2.28. The third-order valence-electron chi connectivity index (χ3n) is 5.81. The summed E-state index contributed by atoms with van der Waals surface area (Å²) in [4.78, 5) is 8.45. The zero-order valence-electron chi connectivity index (χ0n) is 19.7. The van der Waals surface area contributed by atoms with Gasteiger partial charge in [-0.25, -0.2) is 31.9 Å². The first-order valence-corrected chi connectivity index (χ1v) is 11.2. The minimum absolute atomic E-state index is 0.0101. The predicted molar refractivity (Wildman–Crippen MR) is 126 cm³/mol. The molecule has 4 rings (SSSR count). The van der Waals surface area contributed by atoms with E-state index in [0.29, 0.717) is 28.8 Å². The number of hydrogen-bond acceptors (Lipinski definition) is 2. The largest absolute Gasteiger partial charge is 0.422 e. The lowest BCUT2D eigenvalue weighted by Gasteiger charge is -2.11. The van der Waals surface area contributed by atoms with Crippen LogP contribution in [-0.4, -0.2) is 9.97 Å². The highest BCUT2D eigenvalue weighted by Gasteiger charge is 2.37. The number of aryl methyl sites for hydroxylation is 2. The molecule has 0 aliphatic rings. The van der Waals surface area contributed by atoms with Crippen LogP contribution < -0.4 is 0 Å². The van der Waals surface area contributed by atoms with Crippen molar-refractivity contribution in [3.63, 3.8) is 0 Å². The summed E-state index contributed by atoms with van der Waals surface area (Å²) in [6, 6.07) is 11.4. The monoisotopic (exact) mass is 534 g/mol. The van der Waals surface area contributed by atoms with Crippen LogP contribution in [0.15, 0.2) is 72.8 Å². The second-order valence-corrected chi connectivity index (χ2v) is 8.46.